The maximum Gasteiger partial charge on any atom is 0.305 e. The highest BCUT2D eigenvalue weighted by atomic mass is 16.7. The molecule has 0 amide bonds. The summed E-state index contributed by atoms with van der Waals surface area (Å²) in [6.07, 6.45) is -1.77. The van der Waals surface area contributed by atoms with Crippen LogP contribution in [0, 0.1) is 5.92 Å². The van der Waals surface area contributed by atoms with Crippen LogP contribution in [0.3, 0.4) is 0 Å². The highest BCUT2D eigenvalue weighted by Crippen LogP contribution is 2.42. The fourth-order valence-corrected chi connectivity index (χ4v) is 4.53. The summed E-state index contributed by atoms with van der Waals surface area (Å²) in [5, 5.41) is 0. The van der Waals surface area contributed by atoms with E-state index in [0.29, 0.717) is 0 Å². The van der Waals surface area contributed by atoms with Gasteiger partial charge in [0.25, 0.3) is 0 Å². The van der Waals surface area contributed by atoms with Crippen LogP contribution < -0.4 is 4.74 Å². The molecule has 0 radical (unpaired) electrons. The van der Waals surface area contributed by atoms with Crippen LogP contribution in [0.5, 0.6) is 5.75 Å². The molecule has 0 bridgehead atoms. The quantitative estimate of drug-likeness (QED) is 0.323. The van der Waals surface area contributed by atoms with Crippen LogP contribution in [0.15, 0.2) is 84.9 Å². The SMILES string of the molecule is COc1ccc(C(OC[C@H]2CO[C@H](OC(C)=O)[C@@H]2OC(C)=O)(c2ccccc2)c2ccccc2)cc1. The average molecular weight is 491 g/mol. The number of carbonyl (C=O) groups excluding carboxylic acids is 2. The first-order chi connectivity index (χ1) is 17.4. The molecule has 188 valence electrons. The Balaban J connectivity index is 1.76. The van der Waals surface area contributed by atoms with Gasteiger partial charge in [0.15, 0.2) is 6.10 Å². The molecule has 1 heterocycles. The van der Waals surface area contributed by atoms with Crippen molar-refractivity contribution in [3.05, 3.63) is 102 Å². The van der Waals surface area contributed by atoms with Gasteiger partial charge in [0.1, 0.15) is 11.4 Å². The largest absolute Gasteiger partial charge is 0.497 e. The minimum absolute atomic E-state index is 0.172. The zero-order chi connectivity index (χ0) is 25.5. The molecule has 1 aliphatic heterocycles. The lowest BCUT2D eigenvalue weighted by Gasteiger charge is -2.37. The molecule has 1 fully saturated rings. The third kappa shape index (κ3) is 5.42. The number of rotatable bonds is 9. The highest BCUT2D eigenvalue weighted by Gasteiger charge is 2.45. The predicted molar refractivity (Wildman–Crippen MR) is 132 cm³/mol. The number of hydrogen-bond acceptors (Lipinski definition) is 7. The van der Waals surface area contributed by atoms with Crippen molar-refractivity contribution in [3.63, 3.8) is 0 Å². The molecule has 36 heavy (non-hydrogen) atoms. The molecule has 4 rings (SSSR count). The van der Waals surface area contributed by atoms with Crippen molar-refractivity contribution in [1.29, 1.82) is 0 Å². The fourth-order valence-electron chi connectivity index (χ4n) is 4.53. The summed E-state index contributed by atoms with van der Waals surface area (Å²) < 4.78 is 28.7. The van der Waals surface area contributed by atoms with Crippen molar-refractivity contribution >= 4 is 11.9 Å². The Hall–Kier alpha value is -3.68. The first kappa shape index (κ1) is 25.4. The lowest BCUT2D eigenvalue weighted by Crippen LogP contribution is -2.39. The number of esters is 2. The molecular weight excluding hydrogens is 460 g/mol. The number of hydrogen-bond donors (Lipinski definition) is 0. The van der Waals surface area contributed by atoms with Crippen molar-refractivity contribution in [2.75, 3.05) is 20.3 Å². The molecule has 0 aromatic heterocycles. The Kier molecular flexibility index (Phi) is 8.03. The molecule has 1 saturated heterocycles. The average Bonchev–Trinajstić information content (AvgIpc) is 3.25. The molecule has 7 heteroatoms. The van der Waals surface area contributed by atoms with E-state index in [9.17, 15) is 9.59 Å². The van der Waals surface area contributed by atoms with Crippen LogP contribution in [-0.4, -0.2) is 44.7 Å². The summed E-state index contributed by atoms with van der Waals surface area (Å²) in [6, 6.07) is 27.6. The Labute approximate surface area is 210 Å². The van der Waals surface area contributed by atoms with Crippen molar-refractivity contribution in [2.24, 2.45) is 5.92 Å². The van der Waals surface area contributed by atoms with Crippen LogP contribution in [0.25, 0.3) is 0 Å². The van der Waals surface area contributed by atoms with Crippen LogP contribution >= 0.6 is 0 Å². The number of ether oxygens (including phenoxy) is 5. The van der Waals surface area contributed by atoms with Crippen LogP contribution in [0.2, 0.25) is 0 Å². The Morgan fingerprint density at radius 2 is 1.33 bits per heavy atom. The van der Waals surface area contributed by atoms with E-state index in [-0.39, 0.29) is 19.1 Å². The normalized spacial score (nSPS) is 19.5. The van der Waals surface area contributed by atoms with Crippen molar-refractivity contribution < 1.29 is 33.3 Å². The minimum atomic E-state index is -0.983. The second-order valence-electron chi connectivity index (χ2n) is 8.60. The maximum absolute atomic E-state index is 11.8. The molecule has 0 saturated carbocycles. The lowest BCUT2D eigenvalue weighted by atomic mass is 9.80. The topological polar surface area (TPSA) is 80.3 Å². The van der Waals surface area contributed by atoms with E-state index in [4.69, 9.17) is 23.7 Å². The van der Waals surface area contributed by atoms with Gasteiger partial charge in [-0.2, -0.15) is 0 Å². The van der Waals surface area contributed by atoms with Crippen molar-refractivity contribution in [2.45, 2.75) is 31.8 Å². The standard InChI is InChI=1S/C29H30O7/c1-20(30)35-27-22(18-33-28(27)36-21(2)31)19-34-29(23-10-6-4-7-11-23,24-12-8-5-9-13-24)25-14-16-26(32-3)17-15-25/h4-17,22,27-28H,18-19H2,1-3H3/t22-,27-,28-/m1/s1. The van der Waals surface area contributed by atoms with Crippen molar-refractivity contribution in [3.8, 4) is 5.75 Å². The summed E-state index contributed by atoms with van der Waals surface area (Å²) in [5.41, 5.74) is 1.79. The second-order valence-corrected chi connectivity index (χ2v) is 8.60. The predicted octanol–water partition coefficient (Wildman–Crippen LogP) is 4.47. The molecule has 0 unspecified atom stereocenters. The van der Waals surface area contributed by atoms with E-state index in [1.807, 2.05) is 84.9 Å². The summed E-state index contributed by atoms with van der Waals surface area (Å²) in [6.45, 7) is 2.98. The molecule has 3 aromatic rings. The van der Waals surface area contributed by atoms with E-state index in [1.165, 1.54) is 13.8 Å². The molecule has 7 nitrogen and oxygen atoms in total. The maximum atomic E-state index is 11.8. The van der Waals surface area contributed by atoms with Gasteiger partial charge in [0, 0.05) is 19.8 Å². The summed E-state index contributed by atoms with van der Waals surface area (Å²) >= 11 is 0. The first-order valence-corrected chi connectivity index (χ1v) is 11.8. The molecule has 0 aliphatic carbocycles. The van der Waals surface area contributed by atoms with E-state index in [1.54, 1.807) is 7.11 Å². The third-order valence-corrected chi connectivity index (χ3v) is 6.16. The number of methoxy groups -OCH3 is 1. The Morgan fingerprint density at radius 1 is 0.806 bits per heavy atom. The van der Waals surface area contributed by atoms with Gasteiger partial charge in [-0.3, -0.25) is 9.59 Å². The van der Waals surface area contributed by atoms with Gasteiger partial charge in [-0.25, -0.2) is 0 Å². The minimum Gasteiger partial charge on any atom is -0.497 e. The van der Waals surface area contributed by atoms with Gasteiger partial charge in [-0.05, 0) is 28.8 Å². The van der Waals surface area contributed by atoms with Crippen LogP contribution in [-0.2, 0) is 34.1 Å². The highest BCUT2D eigenvalue weighted by molar-refractivity contribution is 5.67. The van der Waals surface area contributed by atoms with Gasteiger partial charge < -0.3 is 23.7 Å². The Morgan fingerprint density at radius 3 is 1.83 bits per heavy atom. The monoisotopic (exact) mass is 490 g/mol. The van der Waals surface area contributed by atoms with Gasteiger partial charge in [0.2, 0.25) is 6.29 Å². The third-order valence-electron chi connectivity index (χ3n) is 6.16. The van der Waals surface area contributed by atoms with Crippen molar-refractivity contribution in [1.82, 2.24) is 0 Å². The molecule has 1 aliphatic rings. The van der Waals surface area contributed by atoms with E-state index in [2.05, 4.69) is 0 Å². The summed E-state index contributed by atoms with van der Waals surface area (Å²) in [7, 11) is 1.63. The summed E-state index contributed by atoms with van der Waals surface area (Å²) in [5.74, 6) is -0.625. The fraction of sp³-hybridized carbons (Fsp3) is 0.310. The van der Waals surface area contributed by atoms with Gasteiger partial charge in [-0.1, -0.05) is 72.8 Å². The van der Waals surface area contributed by atoms with Crippen LogP contribution in [0.4, 0.5) is 0 Å². The second kappa shape index (κ2) is 11.4. The van der Waals surface area contributed by atoms with E-state index >= 15 is 0 Å². The molecular formula is C29H30O7. The number of benzene rings is 3. The van der Waals surface area contributed by atoms with E-state index < -0.39 is 29.9 Å². The molecule has 0 spiro atoms. The lowest BCUT2D eigenvalue weighted by molar-refractivity contribution is -0.191. The van der Waals surface area contributed by atoms with Gasteiger partial charge >= 0.3 is 11.9 Å². The summed E-state index contributed by atoms with van der Waals surface area (Å²) in [4.78, 5) is 23.4. The first-order valence-electron chi connectivity index (χ1n) is 11.8. The van der Waals surface area contributed by atoms with Gasteiger partial charge in [0.05, 0.1) is 20.3 Å². The zero-order valence-corrected chi connectivity index (χ0v) is 20.6. The van der Waals surface area contributed by atoms with Gasteiger partial charge in [-0.15, -0.1) is 0 Å². The number of carbonyl (C=O) groups is 2. The Bertz CT molecular complexity index is 1110. The van der Waals surface area contributed by atoms with E-state index in [0.717, 1.165) is 22.4 Å². The molecule has 3 aromatic carbocycles. The van der Waals surface area contributed by atoms with Crippen LogP contribution in [0.1, 0.15) is 30.5 Å². The zero-order valence-electron chi connectivity index (χ0n) is 20.6. The molecule has 0 N–H and O–H groups in total. The smallest absolute Gasteiger partial charge is 0.305 e. The molecule has 3 atom stereocenters.